The zero-order valence-corrected chi connectivity index (χ0v) is 20.3. The quantitative estimate of drug-likeness (QED) is 0.325. The van der Waals surface area contributed by atoms with Crippen molar-refractivity contribution >= 4 is 23.0 Å². The summed E-state index contributed by atoms with van der Waals surface area (Å²) in [6.45, 7) is 6.55. The van der Waals surface area contributed by atoms with Gasteiger partial charge in [-0.2, -0.15) is 0 Å². The van der Waals surface area contributed by atoms with E-state index >= 15 is 0 Å². The Hall–Kier alpha value is -3.29. The molecule has 6 nitrogen and oxygen atoms in total. The lowest BCUT2D eigenvalue weighted by Crippen LogP contribution is -2.32. The van der Waals surface area contributed by atoms with E-state index in [9.17, 15) is 14.7 Å². The molecule has 3 aromatic rings. The van der Waals surface area contributed by atoms with Crippen molar-refractivity contribution in [2.45, 2.75) is 39.3 Å². The van der Waals surface area contributed by atoms with Crippen LogP contribution in [-0.2, 0) is 9.53 Å². The monoisotopic (exact) mass is 476 g/mol. The second kappa shape index (κ2) is 10.3. The number of hydrogen-bond acceptors (Lipinski definition) is 6. The van der Waals surface area contributed by atoms with Gasteiger partial charge in [-0.05, 0) is 32.8 Å². The largest absolute Gasteiger partial charge is 0.503 e. The maximum atomic E-state index is 13.8. The normalized spacial score (nSPS) is 16.1. The summed E-state index contributed by atoms with van der Waals surface area (Å²) in [7, 11) is 0. The van der Waals surface area contributed by atoms with Gasteiger partial charge in [-0.15, -0.1) is 11.3 Å². The van der Waals surface area contributed by atoms with Crippen molar-refractivity contribution in [1.82, 2.24) is 9.88 Å². The number of hydrogen-bond donors (Lipinski definition) is 1. The Morgan fingerprint density at radius 1 is 1.12 bits per heavy atom. The van der Waals surface area contributed by atoms with Crippen LogP contribution in [0, 0.1) is 6.92 Å². The molecule has 0 saturated carbocycles. The van der Waals surface area contributed by atoms with Gasteiger partial charge >= 0.3 is 0 Å². The zero-order valence-electron chi connectivity index (χ0n) is 19.5. The van der Waals surface area contributed by atoms with Crippen LogP contribution in [0.1, 0.15) is 47.2 Å². The van der Waals surface area contributed by atoms with Crippen molar-refractivity contribution in [3.63, 3.8) is 0 Å². The molecule has 2 heterocycles. The smallest absolute Gasteiger partial charge is 0.290 e. The highest BCUT2D eigenvalue weighted by Gasteiger charge is 2.44. The van der Waals surface area contributed by atoms with Gasteiger partial charge in [-0.1, -0.05) is 60.7 Å². The first-order valence-corrected chi connectivity index (χ1v) is 12.2. The van der Waals surface area contributed by atoms with E-state index in [0.717, 1.165) is 16.1 Å². The van der Waals surface area contributed by atoms with Crippen LogP contribution in [-0.4, -0.2) is 45.9 Å². The van der Waals surface area contributed by atoms with E-state index in [1.54, 1.807) is 11.8 Å². The summed E-state index contributed by atoms with van der Waals surface area (Å²) < 4.78 is 5.62. The summed E-state index contributed by atoms with van der Waals surface area (Å²) in [6.07, 6.45) is 0.690. The van der Waals surface area contributed by atoms with E-state index in [4.69, 9.17) is 4.74 Å². The molecule has 4 rings (SSSR count). The van der Waals surface area contributed by atoms with Gasteiger partial charge in [0.05, 0.1) is 28.3 Å². The standard InChI is InChI=1S/C27H28N2O4S/c1-17(2)33-16-10-15-29-22(19-11-6-4-7-12-19)21(24(31)27(29)32)23(30)25-18(3)28-26(34-25)20-13-8-5-9-14-20/h4-9,11-14,17,22,31H,10,15-16H2,1-3H3. The van der Waals surface area contributed by atoms with Crippen molar-refractivity contribution in [2.24, 2.45) is 0 Å². The summed E-state index contributed by atoms with van der Waals surface area (Å²) >= 11 is 1.28. The first-order valence-electron chi connectivity index (χ1n) is 11.4. The zero-order chi connectivity index (χ0) is 24.2. The molecule has 0 bridgehead atoms. The summed E-state index contributed by atoms with van der Waals surface area (Å²) in [4.78, 5) is 33.4. The Balaban J connectivity index is 1.68. The predicted molar refractivity (Wildman–Crippen MR) is 133 cm³/mol. The second-order valence-electron chi connectivity index (χ2n) is 8.48. The number of benzene rings is 2. The predicted octanol–water partition coefficient (Wildman–Crippen LogP) is 5.51. The van der Waals surface area contributed by atoms with Gasteiger partial charge in [-0.3, -0.25) is 9.59 Å². The first-order chi connectivity index (χ1) is 16.4. The lowest BCUT2D eigenvalue weighted by molar-refractivity contribution is -0.129. The number of thiazole rings is 1. The van der Waals surface area contributed by atoms with Gasteiger partial charge < -0.3 is 14.7 Å². The highest BCUT2D eigenvalue weighted by Crippen LogP contribution is 2.41. The molecule has 0 radical (unpaired) electrons. The van der Waals surface area contributed by atoms with Crippen molar-refractivity contribution in [2.75, 3.05) is 13.2 Å². The van der Waals surface area contributed by atoms with Crippen LogP contribution in [0.15, 0.2) is 72.0 Å². The Labute approximate surface area is 203 Å². The molecule has 1 unspecified atom stereocenters. The summed E-state index contributed by atoms with van der Waals surface area (Å²) in [5, 5.41) is 11.6. The number of aromatic nitrogens is 1. The number of aliphatic hydroxyl groups is 1. The van der Waals surface area contributed by atoms with E-state index in [1.807, 2.05) is 74.5 Å². The molecular formula is C27H28N2O4S. The fraction of sp³-hybridized carbons (Fsp3) is 0.296. The summed E-state index contributed by atoms with van der Waals surface area (Å²) in [5.74, 6) is -1.39. The molecule has 7 heteroatoms. The van der Waals surface area contributed by atoms with Crippen molar-refractivity contribution in [1.29, 1.82) is 0 Å². The van der Waals surface area contributed by atoms with Gasteiger partial charge in [-0.25, -0.2) is 4.98 Å². The highest BCUT2D eigenvalue weighted by molar-refractivity contribution is 7.17. The molecule has 1 N–H and O–H groups in total. The molecule has 176 valence electrons. The Bertz CT molecular complexity index is 1200. The number of carbonyl (C=O) groups is 2. The lowest BCUT2D eigenvalue weighted by Gasteiger charge is -2.27. The first kappa shape index (κ1) is 23.9. The Morgan fingerprint density at radius 3 is 2.41 bits per heavy atom. The molecule has 0 aliphatic carbocycles. The van der Waals surface area contributed by atoms with E-state index < -0.39 is 17.7 Å². The fourth-order valence-electron chi connectivity index (χ4n) is 4.09. The van der Waals surface area contributed by atoms with Crippen LogP contribution in [0.5, 0.6) is 0 Å². The highest BCUT2D eigenvalue weighted by atomic mass is 32.1. The van der Waals surface area contributed by atoms with Crippen molar-refractivity contribution < 1.29 is 19.4 Å². The maximum absolute atomic E-state index is 13.8. The minimum Gasteiger partial charge on any atom is -0.503 e. The number of ketones is 1. The number of aryl methyl sites for hydroxylation is 1. The molecule has 34 heavy (non-hydrogen) atoms. The number of aliphatic hydroxyl groups excluding tert-OH is 1. The SMILES string of the molecule is Cc1nc(-c2ccccc2)sc1C(=O)C1=C(O)C(=O)N(CCCOC(C)C)C1c1ccccc1. The molecule has 1 aromatic heterocycles. The Morgan fingerprint density at radius 2 is 1.76 bits per heavy atom. The van der Waals surface area contributed by atoms with Crippen molar-refractivity contribution in [3.8, 4) is 10.6 Å². The van der Waals surface area contributed by atoms with Crippen LogP contribution < -0.4 is 0 Å². The van der Waals surface area contributed by atoms with Gasteiger partial charge in [0.1, 0.15) is 5.01 Å². The van der Waals surface area contributed by atoms with Crippen molar-refractivity contribution in [3.05, 3.63) is 88.1 Å². The minimum atomic E-state index is -0.665. The number of rotatable bonds is 9. The van der Waals surface area contributed by atoms with Gasteiger partial charge in [0.25, 0.3) is 5.91 Å². The third-order valence-electron chi connectivity index (χ3n) is 5.68. The number of carbonyl (C=O) groups excluding carboxylic acids is 2. The topological polar surface area (TPSA) is 79.7 Å². The van der Waals surface area contributed by atoms with Crippen LogP contribution in [0.2, 0.25) is 0 Å². The van der Waals surface area contributed by atoms with Gasteiger partial charge in [0.2, 0.25) is 5.78 Å². The van der Waals surface area contributed by atoms with Crippen LogP contribution >= 0.6 is 11.3 Å². The lowest BCUT2D eigenvalue weighted by atomic mass is 9.95. The van der Waals surface area contributed by atoms with Crippen LogP contribution in [0.4, 0.5) is 0 Å². The summed E-state index contributed by atoms with van der Waals surface area (Å²) in [5.41, 5.74) is 2.38. The number of Topliss-reactive ketones (excluding diaryl/α,β-unsaturated/α-hetero) is 1. The average Bonchev–Trinajstić information content (AvgIpc) is 3.35. The average molecular weight is 477 g/mol. The molecule has 0 spiro atoms. The number of amides is 1. The molecular weight excluding hydrogens is 448 g/mol. The third-order valence-corrected chi connectivity index (χ3v) is 6.89. The maximum Gasteiger partial charge on any atom is 0.290 e. The molecule has 1 aliphatic heterocycles. The molecule has 1 atom stereocenters. The Kier molecular flexibility index (Phi) is 7.24. The van der Waals surface area contributed by atoms with E-state index in [1.165, 1.54) is 11.3 Å². The second-order valence-corrected chi connectivity index (χ2v) is 9.47. The third kappa shape index (κ3) is 4.81. The molecule has 0 fully saturated rings. The van der Waals surface area contributed by atoms with Gasteiger partial charge in [0.15, 0.2) is 5.76 Å². The van der Waals surface area contributed by atoms with E-state index in [-0.39, 0.29) is 17.5 Å². The number of ether oxygens (including phenoxy) is 1. The van der Waals surface area contributed by atoms with Crippen LogP contribution in [0.3, 0.4) is 0 Å². The minimum absolute atomic E-state index is 0.0935. The molecule has 1 amide bonds. The van der Waals surface area contributed by atoms with Crippen LogP contribution in [0.25, 0.3) is 10.6 Å². The van der Waals surface area contributed by atoms with E-state index in [0.29, 0.717) is 30.1 Å². The molecule has 2 aromatic carbocycles. The summed E-state index contributed by atoms with van der Waals surface area (Å²) in [6, 6.07) is 18.3. The number of nitrogens with zero attached hydrogens (tertiary/aromatic N) is 2. The van der Waals surface area contributed by atoms with Gasteiger partial charge in [0, 0.05) is 18.7 Å². The fourth-order valence-corrected chi connectivity index (χ4v) is 5.11. The molecule has 0 saturated heterocycles. The van der Waals surface area contributed by atoms with E-state index in [2.05, 4.69) is 4.98 Å². The molecule has 1 aliphatic rings.